The number of ether oxygens (including phenoxy) is 3. The lowest BCUT2D eigenvalue weighted by molar-refractivity contribution is -0.131. The fourth-order valence-electron chi connectivity index (χ4n) is 2.78. The molecule has 1 aliphatic rings. The molecule has 8 nitrogen and oxygen atoms in total. The van der Waals surface area contributed by atoms with Crippen molar-refractivity contribution in [2.75, 3.05) is 12.1 Å². The fraction of sp³-hybridized carbons (Fsp3) is 0.200. The summed E-state index contributed by atoms with van der Waals surface area (Å²) in [5.41, 5.74) is 0.818. The second-order valence-electron chi connectivity index (χ2n) is 6.28. The van der Waals surface area contributed by atoms with Crippen LogP contribution < -0.4 is 14.8 Å². The molecular formula is C20H18INO7. The molecule has 1 heterocycles. The number of anilines is 1. The molecule has 3 N–H and O–H groups in total. The van der Waals surface area contributed by atoms with E-state index in [1.165, 1.54) is 12.1 Å². The summed E-state index contributed by atoms with van der Waals surface area (Å²) in [6.07, 6.45) is 0.707. The smallest absolute Gasteiger partial charge is 0.412 e. The van der Waals surface area contributed by atoms with Gasteiger partial charge in [-0.25, -0.2) is 9.59 Å². The number of nitrogens with one attached hydrogen (secondary N) is 1. The van der Waals surface area contributed by atoms with Crippen LogP contribution in [-0.4, -0.2) is 29.1 Å². The Labute approximate surface area is 180 Å². The molecule has 9 heteroatoms. The number of carboxylic acid groups (broad SMARTS) is 1. The first-order chi connectivity index (χ1) is 13.8. The molecule has 0 bridgehead atoms. The largest absolute Gasteiger partial charge is 0.508 e. The summed E-state index contributed by atoms with van der Waals surface area (Å²) >= 11 is 2.07. The van der Waals surface area contributed by atoms with E-state index in [4.69, 9.17) is 19.3 Å². The summed E-state index contributed by atoms with van der Waals surface area (Å²) in [5, 5.41) is 21.7. The molecule has 152 valence electrons. The van der Waals surface area contributed by atoms with Gasteiger partial charge in [0.1, 0.15) is 11.9 Å². The Morgan fingerprint density at radius 1 is 1.21 bits per heavy atom. The van der Waals surface area contributed by atoms with Gasteiger partial charge in [-0.15, -0.1) is 0 Å². The third-order valence-corrected chi connectivity index (χ3v) is 4.84. The molecular weight excluding hydrogens is 493 g/mol. The third kappa shape index (κ3) is 5.31. The molecule has 2 aromatic carbocycles. The number of carbonyl (C=O) groups excluding carboxylic acids is 1. The van der Waals surface area contributed by atoms with Gasteiger partial charge in [0.2, 0.25) is 6.79 Å². The average Bonchev–Trinajstić information content (AvgIpc) is 3.14. The van der Waals surface area contributed by atoms with E-state index in [1.54, 1.807) is 37.3 Å². The number of benzene rings is 2. The summed E-state index contributed by atoms with van der Waals surface area (Å²) in [6, 6.07) is 9.80. The summed E-state index contributed by atoms with van der Waals surface area (Å²) < 4.78 is 16.9. The number of aromatic hydroxyl groups is 1. The van der Waals surface area contributed by atoms with Gasteiger partial charge in [0.05, 0.1) is 0 Å². The van der Waals surface area contributed by atoms with Crippen molar-refractivity contribution in [2.24, 2.45) is 5.92 Å². The minimum atomic E-state index is -1.12. The molecule has 0 fully saturated rings. The maximum Gasteiger partial charge on any atom is 0.412 e. The zero-order valence-electron chi connectivity index (χ0n) is 15.3. The number of fused-ring (bicyclic) bond motifs is 1. The molecule has 0 radical (unpaired) electrons. The van der Waals surface area contributed by atoms with Crippen LogP contribution in [0.3, 0.4) is 0 Å². The van der Waals surface area contributed by atoms with Crippen molar-refractivity contribution in [2.45, 2.75) is 13.0 Å². The number of amides is 1. The second-order valence-corrected chi connectivity index (χ2v) is 7.52. The van der Waals surface area contributed by atoms with Crippen molar-refractivity contribution in [1.29, 1.82) is 0 Å². The van der Waals surface area contributed by atoms with E-state index in [2.05, 4.69) is 27.9 Å². The van der Waals surface area contributed by atoms with Crippen LogP contribution in [-0.2, 0) is 9.53 Å². The highest BCUT2D eigenvalue weighted by Crippen LogP contribution is 2.36. The highest BCUT2D eigenvalue weighted by molar-refractivity contribution is 14.1. The highest BCUT2D eigenvalue weighted by atomic mass is 127. The summed E-state index contributed by atoms with van der Waals surface area (Å²) in [6.45, 7) is 1.81. The molecule has 2 atom stereocenters. The Morgan fingerprint density at radius 3 is 2.72 bits per heavy atom. The number of aliphatic carboxylic acids is 1. The maximum absolute atomic E-state index is 12.5. The number of phenols is 1. The van der Waals surface area contributed by atoms with Gasteiger partial charge in [-0.05, 0) is 52.9 Å². The van der Waals surface area contributed by atoms with Crippen molar-refractivity contribution in [3.8, 4) is 17.2 Å². The average molecular weight is 511 g/mol. The highest BCUT2D eigenvalue weighted by Gasteiger charge is 2.26. The molecule has 29 heavy (non-hydrogen) atoms. The van der Waals surface area contributed by atoms with Gasteiger partial charge in [-0.2, -0.15) is 0 Å². The van der Waals surface area contributed by atoms with Gasteiger partial charge in [-0.3, -0.25) is 5.32 Å². The van der Waals surface area contributed by atoms with Crippen LogP contribution >= 0.6 is 22.6 Å². The Morgan fingerprint density at radius 2 is 1.97 bits per heavy atom. The summed E-state index contributed by atoms with van der Waals surface area (Å²) in [4.78, 5) is 23.4. The van der Waals surface area contributed by atoms with Gasteiger partial charge in [0.25, 0.3) is 0 Å². The van der Waals surface area contributed by atoms with E-state index in [1.807, 2.05) is 0 Å². The number of phenolic OH excluding ortho intramolecular Hbond substituents is 1. The zero-order valence-corrected chi connectivity index (χ0v) is 17.5. The molecule has 0 unspecified atom stereocenters. The quantitative estimate of drug-likeness (QED) is 0.392. The Balaban J connectivity index is 1.81. The minimum Gasteiger partial charge on any atom is -0.508 e. The Hall–Kier alpha value is -2.95. The van der Waals surface area contributed by atoms with E-state index in [9.17, 15) is 14.7 Å². The van der Waals surface area contributed by atoms with Crippen molar-refractivity contribution in [3.05, 3.63) is 57.7 Å². The van der Waals surface area contributed by atoms with Gasteiger partial charge in [-0.1, -0.05) is 13.0 Å². The van der Waals surface area contributed by atoms with Gasteiger partial charge in [0, 0.05) is 32.9 Å². The van der Waals surface area contributed by atoms with Crippen LogP contribution in [0.4, 0.5) is 10.5 Å². The maximum atomic E-state index is 12.5. The number of carbonyl (C=O) groups is 2. The van der Waals surface area contributed by atoms with Crippen LogP contribution in [0.2, 0.25) is 0 Å². The number of hydrogen-bond acceptors (Lipinski definition) is 6. The van der Waals surface area contributed by atoms with Crippen molar-refractivity contribution in [3.63, 3.8) is 0 Å². The SMILES string of the molecule is C[C@H](/C=C/C(=O)O)[C@@H](OC(=O)Nc1ccc2c(c1)OCO2)c1cc(I)ccc1O. The van der Waals surface area contributed by atoms with Crippen molar-refractivity contribution < 1.29 is 34.0 Å². The lowest BCUT2D eigenvalue weighted by Crippen LogP contribution is -2.21. The standard InChI is InChI=1S/C20H18INO7/c1-11(2-7-18(24)25)19(14-8-12(21)3-5-15(14)23)29-20(26)22-13-4-6-16-17(9-13)28-10-27-16/h2-9,11,19,23H,10H2,1H3,(H,22,26)(H,24,25)/b7-2+/t11-,19-/m1/s1. The van der Waals surface area contributed by atoms with Crippen molar-refractivity contribution >= 4 is 40.3 Å². The van der Waals surface area contributed by atoms with Crippen LogP contribution in [0.1, 0.15) is 18.6 Å². The Bertz CT molecular complexity index is 960. The van der Waals surface area contributed by atoms with E-state index in [-0.39, 0.29) is 12.5 Å². The van der Waals surface area contributed by atoms with E-state index in [0.29, 0.717) is 22.7 Å². The molecule has 1 amide bonds. The number of halogens is 1. The van der Waals surface area contributed by atoms with Crippen LogP contribution in [0, 0.1) is 9.49 Å². The topological polar surface area (TPSA) is 114 Å². The number of rotatable bonds is 6. The van der Waals surface area contributed by atoms with Crippen LogP contribution in [0.25, 0.3) is 0 Å². The van der Waals surface area contributed by atoms with Crippen molar-refractivity contribution in [1.82, 2.24) is 0 Å². The molecule has 0 spiro atoms. The van der Waals surface area contributed by atoms with Gasteiger partial charge >= 0.3 is 12.1 Å². The predicted molar refractivity (Wildman–Crippen MR) is 112 cm³/mol. The summed E-state index contributed by atoms with van der Waals surface area (Å²) in [5.74, 6) is -0.600. The molecule has 1 aliphatic heterocycles. The Kier molecular flexibility index (Phi) is 6.47. The second kappa shape index (κ2) is 9.03. The molecule has 2 aromatic rings. The normalized spacial score (nSPS) is 14.4. The van der Waals surface area contributed by atoms with E-state index < -0.39 is 24.1 Å². The number of carboxylic acids is 1. The van der Waals surface area contributed by atoms with E-state index in [0.717, 1.165) is 9.65 Å². The van der Waals surface area contributed by atoms with Gasteiger partial charge < -0.3 is 24.4 Å². The number of hydrogen-bond donors (Lipinski definition) is 3. The van der Waals surface area contributed by atoms with E-state index >= 15 is 0 Å². The monoisotopic (exact) mass is 511 g/mol. The first-order valence-corrected chi connectivity index (χ1v) is 9.68. The molecule has 0 saturated heterocycles. The van der Waals surface area contributed by atoms with Gasteiger partial charge in [0.15, 0.2) is 11.5 Å². The fourth-order valence-corrected chi connectivity index (χ4v) is 3.29. The third-order valence-electron chi connectivity index (χ3n) is 4.17. The first kappa shape index (κ1) is 20.8. The zero-order chi connectivity index (χ0) is 21.0. The minimum absolute atomic E-state index is 0.0538. The molecule has 0 saturated carbocycles. The lowest BCUT2D eigenvalue weighted by Gasteiger charge is -2.23. The predicted octanol–water partition coefficient (Wildman–Crippen LogP) is 4.29. The van der Waals surface area contributed by atoms with Crippen LogP contribution in [0.5, 0.6) is 17.2 Å². The molecule has 3 rings (SSSR count). The lowest BCUT2D eigenvalue weighted by atomic mass is 9.96. The van der Waals surface area contributed by atoms with Crippen LogP contribution in [0.15, 0.2) is 48.6 Å². The first-order valence-electron chi connectivity index (χ1n) is 8.60. The summed E-state index contributed by atoms with van der Waals surface area (Å²) in [7, 11) is 0. The molecule has 0 aliphatic carbocycles. The molecule has 0 aromatic heterocycles.